The number of hydrogen-bond acceptors (Lipinski definition) is 3. The third-order valence-electron chi connectivity index (χ3n) is 4.63. The first-order valence-electron chi connectivity index (χ1n) is 10.1. The second-order valence-corrected chi connectivity index (χ2v) is 8.78. The van der Waals surface area contributed by atoms with Crippen LogP contribution in [0.1, 0.15) is 37.8 Å². The number of hydrogen-bond donors (Lipinski definition) is 1. The van der Waals surface area contributed by atoms with E-state index >= 15 is 0 Å². The molecule has 0 fully saturated rings. The van der Waals surface area contributed by atoms with Crippen LogP contribution in [0.15, 0.2) is 48.5 Å². The zero-order chi connectivity index (χ0) is 21.9. The second kappa shape index (κ2) is 12.9. The summed E-state index contributed by atoms with van der Waals surface area (Å²) < 4.78 is 0. The first kappa shape index (κ1) is 24.6. The van der Waals surface area contributed by atoms with Crippen molar-refractivity contribution >= 4 is 46.8 Å². The number of amides is 2. The Hall–Kier alpha value is -1.69. The van der Waals surface area contributed by atoms with Gasteiger partial charge >= 0.3 is 0 Å². The van der Waals surface area contributed by atoms with Crippen molar-refractivity contribution in [2.75, 3.05) is 12.3 Å². The molecule has 162 valence electrons. The molecule has 30 heavy (non-hydrogen) atoms. The molecule has 2 aromatic carbocycles. The van der Waals surface area contributed by atoms with Crippen molar-refractivity contribution in [1.29, 1.82) is 0 Å². The molecule has 0 spiro atoms. The minimum absolute atomic E-state index is 0.0626. The lowest BCUT2D eigenvalue weighted by Gasteiger charge is -2.30. The molecular weight excluding hydrogens is 439 g/mol. The van der Waals surface area contributed by atoms with Gasteiger partial charge in [-0.3, -0.25) is 9.59 Å². The van der Waals surface area contributed by atoms with Crippen molar-refractivity contribution in [3.63, 3.8) is 0 Å². The molecule has 1 N–H and O–H groups in total. The molecule has 2 amide bonds. The summed E-state index contributed by atoms with van der Waals surface area (Å²) in [4.78, 5) is 27.5. The SMILES string of the molecule is CCCNC(=O)C(CC)N(Cc1ccccc1)C(=O)CSCc1ccc(Cl)cc1Cl. The van der Waals surface area contributed by atoms with E-state index in [1.165, 1.54) is 11.8 Å². The number of carbonyl (C=O) groups is 2. The molecule has 0 radical (unpaired) electrons. The molecular formula is C23H28Cl2N2O2S. The Morgan fingerprint density at radius 1 is 1.10 bits per heavy atom. The highest BCUT2D eigenvalue weighted by Gasteiger charge is 2.28. The topological polar surface area (TPSA) is 49.4 Å². The third kappa shape index (κ3) is 7.53. The third-order valence-corrected chi connectivity index (χ3v) is 6.18. The molecule has 1 unspecified atom stereocenters. The maximum atomic E-state index is 13.1. The van der Waals surface area contributed by atoms with Gasteiger partial charge in [0, 0.05) is 28.9 Å². The van der Waals surface area contributed by atoms with Crippen LogP contribution in [-0.4, -0.2) is 35.1 Å². The summed E-state index contributed by atoms with van der Waals surface area (Å²) in [5.41, 5.74) is 1.93. The molecule has 1 atom stereocenters. The maximum absolute atomic E-state index is 13.1. The summed E-state index contributed by atoms with van der Waals surface area (Å²) in [6.07, 6.45) is 1.41. The summed E-state index contributed by atoms with van der Waals surface area (Å²) in [5.74, 6) is 0.699. The second-order valence-electron chi connectivity index (χ2n) is 6.95. The van der Waals surface area contributed by atoms with E-state index in [0.29, 0.717) is 35.3 Å². The number of nitrogens with one attached hydrogen (secondary N) is 1. The average molecular weight is 467 g/mol. The molecule has 0 aromatic heterocycles. The van der Waals surface area contributed by atoms with Crippen molar-refractivity contribution in [3.05, 3.63) is 69.7 Å². The van der Waals surface area contributed by atoms with Gasteiger partial charge in [0.05, 0.1) is 5.75 Å². The van der Waals surface area contributed by atoms with Crippen LogP contribution in [0.2, 0.25) is 10.0 Å². The molecule has 0 aliphatic rings. The van der Waals surface area contributed by atoms with Crippen LogP contribution in [0.3, 0.4) is 0 Å². The van der Waals surface area contributed by atoms with Gasteiger partial charge in [-0.05, 0) is 36.1 Å². The van der Waals surface area contributed by atoms with E-state index in [-0.39, 0.29) is 17.6 Å². The number of carbonyl (C=O) groups excluding carboxylic acids is 2. The van der Waals surface area contributed by atoms with Gasteiger partial charge in [-0.1, -0.05) is 73.4 Å². The van der Waals surface area contributed by atoms with Gasteiger partial charge in [-0.25, -0.2) is 0 Å². The van der Waals surface area contributed by atoms with Gasteiger partial charge in [-0.2, -0.15) is 0 Å². The fourth-order valence-electron chi connectivity index (χ4n) is 3.04. The summed E-state index contributed by atoms with van der Waals surface area (Å²) in [6.45, 7) is 4.95. The molecule has 4 nitrogen and oxygen atoms in total. The summed E-state index contributed by atoms with van der Waals surface area (Å²) >= 11 is 13.7. The van der Waals surface area contributed by atoms with Crippen LogP contribution < -0.4 is 5.32 Å². The van der Waals surface area contributed by atoms with E-state index < -0.39 is 6.04 Å². The Labute approximate surface area is 193 Å². The standard InChI is InChI=1S/C23H28Cl2N2O2S/c1-3-12-26-23(29)21(4-2)27(14-17-8-6-5-7-9-17)22(28)16-30-15-18-10-11-19(24)13-20(18)25/h5-11,13,21H,3-4,12,14-16H2,1-2H3,(H,26,29). The van der Waals surface area contributed by atoms with Crippen molar-refractivity contribution in [1.82, 2.24) is 10.2 Å². The minimum atomic E-state index is -0.496. The average Bonchev–Trinajstić information content (AvgIpc) is 2.74. The Kier molecular flexibility index (Phi) is 10.6. The van der Waals surface area contributed by atoms with Gasteiger partial charge in [0.1, 0.15) is 6.04 Å². The Balaban J connectivity index is 2.09. The minimum Gasteiger partial charge on any atom is -0.354 e. The van der Waals surface area contributed by atoms with E-state index in [2.05, 4.69) is 5.32 Å². The van der Waals surface area contributed by atoms with E-state index in [9.17, 15) is 9.59 Å². The van der Waals surface area contributed by atoms with Crippen molar-refractivity contribution in [2.24, 2.45) is 0 Å². The number of benzene rings is 2. The Morgan fingerprint density at radius 2 is 1.83 bits per heavy atom. The quantitative estimate of drug-likeness (QED) is 0.471. The zero-order valence-electron chi connectivity index (χ0n) is 17.4. The molecule has 0 aliphatic carbocycles. The van der Waals surface area contributed by atoms with Crippen LogP contribution in [-0.2, 0) is 21.9 Å². The van der Waals surface area contributed by atoms with Crippen molar-refractivity contribution in [2.45, 2.75) is 45.0 Å². The van der Waals surface area contributed by atoms with E-state index in [1.54, 1.807) is 17.0 Å². The smallest absolute Gasteiger partial charge is 0.242 e. The molecule has 7 heteroatoms. The van der Waals surface area contributed by atoms with Crippen LogP contribution in [0, 0.1) is 0 Å². The number of rotatable bonds is 11. The number of halogens is 2. The molecule has 2 aromatic rings. The number of nitrogens with zero attached hydrogens (tertiary/aromatic N) is 1. The lowest BCUT2D eigenvalue weighted by molar-refractivity contribution is -0.139. The van der Waals surface area contributed by atoms with Gasteiger partial charge in [0.15, 0.2) is 0 Å². The number of thioether (sulfide) groups is 1. The molecule has 0 saturated carbocycles. The fourth-order valence-corrected chi connectivity index (χ4v) is 4.50. The highest BCUT2D eigenvalue weighted by Crippen LogP contribution is 2.25. The van der Waals surface area contributed by atoms with Gasteiger partial charge in [-0.15, -0.1) is 11.8 Å². The van der Waals surface area contributed by atoms with Crippen LogP contribution >= 0.6 is 35.0 Å². The Morgan fingerprint density at radius 3 is 2.47 bits per heavy atom. The first-order valence-corrected chi connectivity index (χ1v) is 12.0. The first-order chi connectivity index (χ1) is 14.5. The van der Waals surface area contributed by atoms with Crippen LogP contribution in [0.5, 0.6) is 0 Å². The maximum Gasteiger partial charge on any atom is 0.242 e. The molecule has 0 aliphatic heterocycles. The molecule has 0 heterocycles. The van der Waals surface area contributed by atoms with E-state index in [0.717, 1.165) is 17.5 Å². The van der Waals surface area contributed by atoms with Crippen LogP contribution in [0.4, 0.5) is 0 Å². The van der Waals surface area contributed by atoms with Crippen molar-refractivity contribution in [3.8, 4) is 0 Å². The van der Waals surface area contributed by atoms with Crippen molar-refractivity contribution < 1.29 is 9.59 Å². The lowest BCUT2D eigenvalue weighted by atomic mass is 10.1. The molecule has 0 bridgehead atoms. The Bertz CT molecular complexity index is 833. The predicted octanol–water partition coefficient (Wildman–Crippen LogP) is 5.56. The lowest BCUT2D eigenvalue weighted by Crippen LogP contribution is -2.49. The summed E-state index contributed by atoms with van der Waals surface area (Å²) in [5, 5.41) is 4.11. The summed E-state index contributed by atoms with van der Waals surface area (Å²) in [6, 6.07) is 14.6. The molecule has 0 saturated heterocycles. The highest BCUT2D eigenvalue weighted by molar-refractivity contribution is 7.99. The summed E-state index contributed by atoms with van der Waals surface area (Å²) in [7, 11) is 0. The zero-order valence-corrected chi connectivity index (χ0v) is 19.7. The fraction of sp³-hybridized carbons (Fsp3) is 0.391. The monoisotopic (exact) mass is 466 g/mol. The van der Waals surface area contributed by atoms with Gasteiger partial charge in [0.2, 0.25) is 11.8 Å². The van der Waals surface area contributed by atoms with Gasteiger partial charge < -0.3 is 10.2 Å². The largest absolute Gasteiger partial charge is 0.354 e. The van der Waals surface area contributed by atoms with Gasteiger partial charge in [0.25, 0.3) is 0 Å². The van der Waals surface area contributed by atoms with E-state index in [1.807, 2.05) is 50.2 Å². The van der Waals surface area contributed by atoms with Crippen LogP contribution in [0.25, 0.3) is 0 Å². The normalized spacial score (nSPS) is 11.7. The highest BCUT2D eigenvalue weighted by atomic mass is 35.5. The molecule has 2 rings (SSSR count). The predicted molar refractivity (Wildman–Crippen MR) is 127 cm³/mol. The van der Waals surface area contributed by atoms with E-state index in [4.69, 9.17) is 23.2 Å².